The van der Waals surface area contributed by atoms with Crippen LogP contribution in [0.1, 0.15) is 57.8 Å². The average Bonchev–Trinajstić information content (AvgIpc) is 2.25. The van der Waals surface area contributed by atoms with E-state index >= 15 is 0 Å². The Balaban J connectivity index is 2.70. The van der Waals surface area contributed by atoms with Crippen molar-refractivity contribution >= 4 is 0 Å². The number of ether oxygens (including phenoxy) is 1. The van der Waals surface area contributed by atoms with Crippen molar-refractivity contribution in [1.29, 1.82) is 0 Å². The Morgan fingerprint density at radius 2 is 1.89 bits per heavy atom. The van der Waals surface area contributed by atoms with Crippen LogP contribution in [0.15, 0.2) is 18.2 Å². The summed E-state index contributed by atoms with van der Waals surface area (Å²) in [5.74, 6) is 1.35. The third-order valence-electron chi connectivity index (χ3n) is 3.42. The third kappa shape index (κ3) is 5.23. The molecule has 0 bridgehead atoms. The lowest BCUT2D eigenvalue weighted by Crippen LogP contribution is -2.14. The minimum Gasteiger partial charge on any atom is -0.497 e. The summed E-state index contributed by atoms with van der Waals surface area (Å²) >= 11 is 0. The zero-order chi connectivity index (χ0) is 14.6. The van der Waals surface area contributed by atoms with E-state index in [2.05, 4.69) is 27.7 Å². The monoisotopic (exact) mass is 264 g/mol. The Kier molecular flexibility index (Phi) is 5.42. The van der Waals surface area contributed by atoms with Gasteiger partial charge in [0.05, 0.1) is 13.2 Å². The minimum absolute atomic E-state index is 0.314. The van der Waals surface area contributed by atoms with Crippen molar-refractivity contribution in [3.05, 3.63) is 29.3 Å². The van der Waals surface area contributed by atoms with E-state index in [-0.39, 0.29) is 6.10 Å². The van der Waals surface area contributed by atoms with E-state index in [0.29, 0.717) is 11.3 Å². The SMILES string of the molecule is COc1ccc(C(O)CC(C)CC(C)(C)C)c(C)c1. The molecule has 0 spiro atoms. The zero-order valence-corrected chi connectivity index (χ0v) is 13.2. The Labute approximate surface area is 117 Å². The summed E-state index contributed by atoms with van der Waals surface area (Å²) in [5, 5.41) is 10.4. The highest BCUT2D eigenvalue weighted by Gasteiger charge is 2.19. The molecule has 0 aliphatic carbocycles. The number of rotatable bonds is 5. The Morgan fingerprint density at radius 1 is 1.26 bits per heavy atom. The van der Waals surface area contributed by atoms with Crippen LogP contribution >= 0.6 is 0 Å². The van der Waals surface area contributed by atoms with Gasteiger partial charge < -0.3 is 9.84 Å². The maximum Gasteiger partial charge on any atom is 0.119 e. The Bertz CT molecular complexity index is 404. The van der Waals surface area contributed by atoms with Crippen molar-refractivity contribution in [1.82, 2.24) is 0 Å². The van der Waals surface area contributed by atoms with Gasteiger partial charge in [-0.15, -0.1) is 0 Å². The van der Waals surface area contributed by atoms with Crippen molar-refractivity contribution < 1.29 is 9.84 Å². The van der Waals surface area contributed by atoms with E-state index in [0.717, 1.165) is 29.7 Å². The highest BCUT2D eigenvalue weighted by atomic mass is 16.5. The fraction of sp³-hybridized carbons (Fsp3) is 0.647. The van der Waals surface area contributed by atoms with Crippen molar-refractivity contribution in [3.8, 4) is 5.75 Å². The molecule has 0 saturated heterocycles. The predicted octanol–water partition coefficient (Wildman–Crippen LogP) is 4.50. The van der Waals surface area contributed by atoms with E-state index < -0.39 is 0 Å². The van der Waals surface area contributed by atoms with Crippen LogP contribution < -0.4 is 4.74 Å². The summed E-state index contributed by atoms with van der Waals surface area (Å²) in [6, 6.07) is 5.87. The zero-order valence-electron chi connectivity index (χ0n) is 13.2. The average molecular weight is 264 g/mol. The van der Waals surface area contributed by atoms with Crippen LogP contribution in [0.3, 0.4) is 0 Å². The molecule has 2 unspecified atom stereocenters. The lowest BCUT2D eigenvalue weighted by molar-refractivity contribution is 0.133. The number of hydrogen-bond acceptors (Lipinski definition) is 2. The van der Waals surface area contributed by atoms with Gasteiger partial charge in [-0.2, -0.15) is 0 Å². The van der Waals surface area contributed by atoms with Crippen LogP contribution in [0.4, 0.5) is 0 Å². The molecule has 0 saturated carbocycles. The third-order valence-corrected chi connectivity index (χ3v) is 3.42. The lowest BCUT2D eigenvalue weighted by atomic mass is 9.82. The molecule has 0 radical (unpaired) electrons. The second-order valence-electron chi connectivity index (χ2n) is 6.84. The normalized spacial score (nSPS) is 15.1. The molecule has 108 valence electrons. The molecular weight excluding hydrogens is 236 g/mol. The fourth-order valence-corrected chi connectivity index (χ4v) is 2.79. The molecule has 0 fully saturated rings. The highest BCUT2D eigenvalue weighted by molar-refractivity contribution is 5.36. The first-order valence-electron chi connectivity index (χ1n) is 7.05. The van der Waals surface area contributed by atoms with Crippen molar-refractivity contribution in [2.75, 3.05) is 7.11 Å². The molecule has 0 aromatic heterocycles. The van der Waals surface area contributed by atoms with Crippen molar-refractivity contribution in [2.45, 2.75) is 53.6 Å². The number of aliphatic hydroxyl groups excluding tert-OH is 1. The number of aliphatic hydroxyl groups is 1. The van der Waals surface area contributed by atoms with E-state index in [9.17, 15) is 5.11 Å². The van der Waals surface area contributed by atoms with Gasteiger partial charge in [0.2, 0.25) is 0 Å². The Morgan fingerprint density at radius 3 is 2.37 bits per heavy atom. The lowest BCUT2D eigenvalue weighted by Gasteiger charge is -2.25. The molecule has 1 aromatic carbocycles. The van der Waals surface area contributed by atoms with Gasteiger partial charge in [0, 0.05) is 0 Å². The van der Waals surface area contributed by atoms with E-state index in [1.807, 2.05) is 25.1 Å². The quantitative estimate of drug-likeness (QED) is 0.848. The summed E-state index contributed by atoms with van der Waals surface area (Å²) in [7, 11) is 1.66. The highest BCUT2D eigenvalue weighted by Crippen LogP contribution is 2.32. The summed E-state index contributed by atoms with van der Waals surface area (Å²) in [4.78, 5) is 0. The van der Waals surface area contributed by atoms with Crippen molar-refractivity contribution in [3.63, 3.8) is 0 Å². The van der Waals surface area contributed by atoms with Crippen LogP contribution in [-0.2, 0) is 0 Å². The van der Waals surface area contributed by atoms with Crippen LogP contribution in [-0.4, -0.2) is 12.2 Å². The maximum absolute atomic E-state index is 10.4. The molecule has 2 heteroatoms. The van der Waals surface area contributed by atoms with Crippen LogP contribution in [0.25, 0.3) is 0 Å². The van der Waals surface area contributed by atoms with E-state index in [1.165, 1.54) is 0 Å². The summed E-state index contributed by atoms with van der Waals surface area (Å²) in [6.07, 6.45) is 1.55. The predicted molar refractivity (Wildman–Crippen MR) is 80.5 cm³/mol. The molecule has 0 heterocycles. The van der Waals surface area contributed by atoms with Gasteiger partial charge in [-0.05, 0) is 54.4 Å². The van der Waals surface area contributed by atoms with Gasteiger partial charge in [0.15, 0.2) is 0 Å². The standard InChI is InChI=1S/C17H28O2/c1-12(11-17(3,4)5)9-16(18)15-8-7-14(19-6)10-13(15)2/h7-8,10,12,16,18H,9,11H2,1-6H3. The van der Waals surface area contributed by atoms with E-state index in [1.54, 1.807) is 7.11 Å². The molecule has 0 amide bonds. The topological polar surface area (TPSA) is 29.5 Å². The summed E-state index contributed by atoms with van der Waals surface area (Å²) in [6.45, 7) is 11.0. The molecule has 1 N–H and O–H groups in total. The first-order valence-corrected chi connectivity index (χ1v) is 7.05. The molecule has 0 aliphatic rings. The second kappa shape index (κ2) is 6.42. The number of aryl methyl sites for hydroxylation is 1. The van der Waals surface area contributed by atoms with Gasteiger partial charge in [-0.3, -0.25) is 0 Å². The van der Waals surface area contributed by atoms with Gasteiger partial charge in [-0.25, -0.2) is 0 Å². The molecule has 2 nitrogen and oxygen atoms in total. The number of benzene rings is 1. The van der Waals surface area contributed by atoms with E-state index in [4.69, 9.17) is 4.74 Å². The molecule has 19 heavy (non-hydrogen) atoms. The first kappa shape index (κ1) is 16.0. The number of methoxy groups -OCH3 is 1. The summed E-state index contributed by atoms with van der Waals surface area (Å²) in [5.41, 5.74) is 2.42. The molecule has 0 aliphatic heterocycles. The smallest absolute Gasteiger partial charge is 0.119 e. The molecular formula is C17H28O2. The second-order valence-corrected chi connectivity index (χ2v) is 6.84. The van der Waals surface area contributed by atoms with Gasteiger partial charge in [-0.1, -0.05) is 33.8 Å². The van der Waals surface area contributed by atoms with Gasteiger partial charge in [0.25, 0.3) is 0 Å². The van der Waals surface area contributed by atoms with Gasteiger partial charge >= 0.3 is 0 Å². The van der Waals surface area contributed by atoms with Crippen LogP contribution in [0, 0.1) is 18.3 Å². The van der Waals surface area contributed by atoms with Crippen LogP contribution in [0.5, 0.6) is 5.75 Å². The van der Waals surface area contributed by atoms with Crippen LogP contribution in [0.2, 0.25) is 0 Å². The molecule has 1 aromatic rings. The fourth-order valence-electron chi connectivity index (χ4n) is 2.79. The first-order chi connectivity index (χ1) is 8.73. The largest absolute Gasteiger partial charge is 0.497 e. The van der Waals surface area contributed by atoms with Gasteiger partial charge in [0.1, 0.15) is 5.75 Å². The molecule has 2 atom stereocenters. The minimum atomic E-state index is -0.386. The summed E-state index contributed by atoms with van der Waals surface area (Å²) < 4.78 is 5.20. The maximum atomic E-state index is 10.4. The van der Waals surface area contributed by atoms with Crippen molar-refractivity contribution in [2.24, 2.45) is 11.3 Å². The Hall–Kier alpha value is -1.02. The number of hydrogen-bond donors (Lipinski definition) is 1. The molecule has 1 rings (SSSR count).